The molecule has 6 N–H and O–H groups in total. The molecule has 0 rings (SSSR count). The fourth-order valence-electron chi connectivity index (χ4n) is 0.632. The Morgan fingerprint density at radius 1 is 1.31 bits per heavy atom. The Bertz CT molecular complexity index is 181. The molecule has 0 saturated carbocycles. The molecule has 0 aliphatic heterocycles. The number of quaternary nitrogens is 1. The smallest absolute Gasteiger partial charge is 0.320 e. The van der Waals surface area contributed by atoms with Crippen LogP contribution in [0.25, 0.3) is 0 Å². The molecule has 0 unspecified atom stereocenters. The number of carbonyl (C=O) groups is 1. The summed E-state index contributed by atoms with van der Waals surface area (Å²) in [5.74, 6) is -0.933. The molecule has 0 radical (unpaired) electrons. The third-order valence-corrected chi connectivity index (χ3v) is 1.71. The largest absolute Gasteiger partial charge is 0.480 e. The zero-order chi connectivity index (χ0) is 13.2. The van der Waals surface area contributed by atoms with Crippen LogP contribution >= 0.6 is 0 Å². The minimum absolute atomic E-state index is 0.208. The maximum atomic E-state index is 10.1. The quantitative estimate of drug-likeness (QED) is 0.273. The molecule has 1 atom stereocenters. The molecule has 0 aromatic heterocycles. The second-order valence-corrected chi connectivity index (χ2v) is 4.66. The van der Waals surface area contributed by atoms with Crippen LogP contribution in [0.1, 0.15) is 19.3 Å². The van der Waals surface area contributed by atoms with E-state index in [0.29, 0.717) is 17.4 Å². The number of nitrogens with two attached hydrogens (primary N) is 2. The van der Waals surface area contributed by atoms with Crippen molar-refractivity contribution >= 4 is 5.97 Å². The van der Waals surface area contributed by atoms with Crippen LogP contribution in [0.4, 0.5) is 0 Å². The van der Waals surface area contributed by atoms with Gasteiger partial charge in [-0.1, -0.05) is 6.42 Å². The third kappa shape index (κ3) is 15.8. The lowest BCUT2D eigenvalue weighted by Crippen LogP contribution is -2.34. The van der Waals surface area contributed by atoms with E-state index in [1.807, 2.05) is 21.1 Å². The molecule has 0 heterocycles. The van der Waals surface area contributed by atoms with Gasteiger partial charge in [0.15, 0.2) is 6.73 Å². The third-order valence-electron chi connectivity index (χ3n) is 1.71. The van der Waals surface area contributed by atoms with E-state index in [2.05, 4.69) is 0 Å². The number of hydrogen-bond acceptors (Lipinski definition) is 4. The van der Waals surface area contributed by atoms with Crippen LogP contribution in [0.2, 0.25) is 0 Å². The first-order chi connectivity index (χ1) is 7.24. The molecule has 0 aromatic rings. The highest BCUT2D eigenvalue weighted by Crippen LogP contribution is 1.96. The molecule has 0 fully saturated rings. The summed E-state index contributed by atoms with van der Waals surface area (Å²) in [6, 6.07) is -0.716. The second-order valence-electron chi connectivity index (χ2n) is 4.66. The molecule has 6 heteroatoms. The average molecular weight is 236 g/mol. The van der Waals surface area contributed by atoms with Crippen LogP contribution < -0.4 is 11.5 Å². The normalized spacial score (nSPS) is 12.6. The maximum Gasteiger partial charge on any atom is 0.320 e. The van der Waals surface area contributed by atoms with Crippen LogP contribution in [0, 0.1) is 0 Å². The number of aliphatic carboxylic acids is 1. The van der Waals surface area contributed by atoms with E-state index in [1.165, 1.54) is 0 Å². The summed E-state index contributed by atoms with van der Waals surface area (Å²) in [6.45, 7) is 0.812. The van der Waals surface area contributed by atoms with Crippen LogP contribution in [0.15, 0.2) is 0 Å². The Morgan fingerprint density at radius 3 is 2.00 bits per heavy atom. The van der Waals surface area contributed by atoms with Gasteiger partial charge in [-0.25, -0.2) is 0 Å². The molecule has 6 nitrogen and oxygen atoms in total. The first-order valence-electron chi connectivity index (χ1n) is 5.34. The van der Waals surface area contributed by atoms with Crippen molar-refractivity contribution in [3.63, 3.8) is 0 Å². The number of nitrogens with zero attached hydrogens (tertiary/aromatic N) is 1. The van der Waals surface area contributed by atoms with Crippen LogP contribution in [0.3, 0.4) is 0 Å². The summed E-state index contributed by atoms with van der Waals surface area (Å²) in [6.07, 6.45) is 2.16. The minimum Gasteiger partial charge on any atom is -0.480 e. The molecule has 98 valence electrons. The van der Waals surface area contributed by atoms with Crippen molar-refractivity contribution < 1.29 is 19.5 Å². The Kier molecular flexibility index (Phi) is 10.5. The summed E-state index contributed by atoms with van der Waals surface area (Å²) in [4.78, 5) is 10.1. The van der Waals surface area contributed by atoms with E-state index in [9.17, 15) is 4.79 Å². The fraction of sp³-hybridized carbons (Fsp3) is 0.900. The van der Waals surface area contributed by atoms with Gasteiger partial charge in [0, 0.05) is 0 Å². The van der Waals surface area contributed by atoms with E-state index in [1.54, 1.807) is 0 Å². The van der Waals surface area contributed by atoms with Gasteiger partial charge in [0.1, 0.15) is 6.04 Å². The van der Waals surface area contributed by atoms with Crippen LogP contribution in [-0.2, 0) is 4.79 Å². The van der Waals surface area contributed by atoms with Crippen molar-refractivity contribution in [2.24, 2.45) is 11.5 Å². The summed E-state index contributed by atoms with van der Waals surface area (Å²) in [5, 5.41) is 16.7. The van der Waals surface area contributed by atoms with Crippen LogP contribution in [-0.4, -0.2) is 61.1 Å². The highest BCUT2D eigenvalue weighted by atomic mass is 16.4. The first-order valence-corrected chi connectivity index (χ1v) is 5.34. The van der Waals surface area contributed by atoms with Gasteiger partial charge < -0.3 is 26.2 Å². The Labute approximate surface area is 97.4 Å². The molecule has 0 aromatic carbocycles. The lowest BCUT2D eigenvalue weighted by Gasteiger charge is -2.19. The SMILES string of the molecule is C[N+](C)(C)CO.NCCCC[C@H](N)C(=O)O. The van der Waals surface area contributed by atoms with E-state index in [0.717, 1.165) is 12.8 Å². The molecule has 0 amide bonds. The first kappa shape index (κ1) is 17.7. The number of aliphatic hydroxyl groups excluding tert-OH is 1. The molecule has 0 saturated heterocycles. The van der Waals surface area contributed by atoms with Gasteiger partial charge in [0.2, 0.25) is 0 Å². The lowest BCUT2D eigenvalue weighted by atomic mass is 10.1. The number of unbranched alkanes of at least 4 members (excludes halogenated alkanes) is 1. The molecule has 0 spiro atoms. The number of hydrogen-bond donors (Lipinski definition) is 4. The van der Waals surface area contributed by atoms with Gasteiger partial charge in [-0.2, -0.15) is 0 Å². The maximum absolute atomic E-state index is 10.1. The highest BCUT2D eigenvalue weighted by molar-refractivity contribution is 5.72. The van der Waals surface area contributed by atoms with Gasteiger partial charge in [0.25, 0.3) is 0 Å². The monoisotopic (exact) mass is 236 g/mol. The van der Waals surface area contributed by atoms with Crippen LogP contribution in [0.5, 0.6) is 0 Å². The van der Waals surface area contributed by atoms with Gasteiger partial charge >= 0.3 is 5.97 Å². The van der Waals surface area contributed by atoms with Gasteiger partial charge in [-0.05, 0) is 19.4 Å². The minimum atomic E-state index is -0.933. The van der Waals surface area contributed by atoms with Crippen molar-refractivity contribution in [2.45, 2.75) is 25.3 Å². The summed E-state index contributed by atoms with van der Waals surface area (Å²) < 4.78 is 0.625. The average Bonchev–Trinajstić information content (AvgIpc) is 2.17. The molecule has 0 bridgehead atoms. The highest BCUT2D eigenvalue weighted by Gasteiger charge is 2.09. The molecule has 0 aliphatic rings. The predicted molar refractivity (Wildman–Crippen MR) is 63.6 cm³/mol. The van der Waals surface area contributed by atoms with Gasteiger partial charge in [0.05, 0.1) is 21.1 Å². The summed E-state index contributed by atoms with van der Waals surface area (Å²) in [7, 11) is 5.79. The second kappa shape index (κ2) is 9.53. The number of carboxylic acids is 1. The molecule has 16 heavy (non-hydrogen) atoms. The Balaban J connectivity index is 0. The lowest BCUT2D eigenvalue weighted by molar-refractivity contribution is -0.889. The van der Waals surface area contributed by atoms with Crippen molar-refractivity contribution in [2.75, 3.05) is 34.4 Å². The zero-order valence-electron chi connectivity index (χ0n) is 10.5. The molecular formula is C10H26N3O3+. The molecular weight excluding hydrogens is 210 g/mol. The van der Waals surface area contributed by atoms with Gasteiger partial charge in [-0.3, -0.25) is 4.79 Å². The van der Waals surface area contributed by atoms with E-state index in [-0.39, 0.29) is 6.73 Å². The standard InChI is InChI=1S/C6H14N2O2.C4H12NO/c7-4-2-1-3-5(8)6(9)10;1-5(2,3)4-6/h5H,1-4,7-8H2,(H,9,10);6H,4H2,1-3H3/q;+1/t5-;/m0./s1. The Morgan fingerprint density at radius 2 is 1.75 bits per heavy atom. The van der Waals surface area contributed by atoms with E-state index < -0.39 is 12.0 Å². The zero-order valence-corrected chi connectivity index (χ0v) is 10.5. The predicted octanol–water partition coefficient (Wildman–Crippen LogP) is -0.830. The number of carboxylic acid groups (broad SMARTS) is 1. The van der Waals surface area contributed by atoms with Crippen molar-refractivity contribution in [3.05, 3.63) is 0 Å². The van der Waals surface area contributed by atoms with Gasteiger partial charge in [-0.15, -0.1) is 0 Å². The van der Waals surface area contributed by atoms with Crippen molar-refractivity contribution in [1.82, 2.24) is 0 Å². The van der Waals surface area contributed by atoms with Crippen molar-refractivity contribution in [1.29, 1.82) is 0 Å². The Hall–Kier alpha value is -0.690. The summed E-state index contributed by atoms with van der Waals surface area (Å²) in [5.41, 5.74) is 10.4. The van der Waals surface area contributed by atoms with Crippen molar-refractivity contribution in [3.8, 4) is 0 Å². The van der Waals surface area contributed by atoms with E-state index >= 15 is 0 Å². The number of aliphatic hydroxyl groups is 1. The number of rotatable bonds is 6. The van der Waals surface area contributed by atoms with E-state index in [4.69, 9.17) is 21.7 Å². The topological polar surface area (TPSA) is 110 Å². The summed E-state index contributed by atoms with van der Waals surface area (Å²) >= 11 is 0. The molecule has 0 aliphatic carbocycles. The fourth-order valence-corrected chi connectivity index (χ4v) is 0.632.